The zero-order chi connectivity index (χ0) is 14.5. The molecule has 2 nitrogen and oxygen atoms in total. The molecule has 0 saturated carbocycles. The molecule has 1 saturated heterocycles. The fraction of sp³-hybridized carbons (Fsp3) is 0.647. The summed E-state index contributed by atoms with van der Waals surface area (Å²) < 4.78 is 0. The van der Waals surface area contributed by atoms with Crippen LogP contribution < -0.4 is 5.32 Å². The van der Waals surface area contributed by atoms with Crippen molar-refractivity contribution in [1.29, 1.82) is 0 Å². The molecule has 112 valence electrons. The summed E-state index contributed by atoms with van der Waals surface area (Å²) in [4.78, 5) is 2.62. The molecule has 0 bridgehead atoms. The first-order chi connectivity index (χ1) is 9.58. The maximum atomic E-state index is 3.49. The van der Waals surface area contributed by atoms with E-state index in [1.54, 1.807) is 0 Å². The molecule has 1 fully saturated rings. The molecular weight excluding hydrogens is 264 g/mol. The summed E-state index contributed by atoms with van der Waals surface area (Å²) in [5.74, 6) is 1.29. The van der Waals surface area contributed by atoms with Crippen LogP contribution in [0.3, 0.4) is 0 Å². The van der Waals surface area contributed by atoms with Crippen LogP contribution in [0.5, 0.6) is 0 Å². The number of hydrogen-bond donors (Lipinski definition) is 1. The minimum atomic E-state index is 0.471. The van der Waals surface area contributed by atoms with Crippen LogP contribution in [0.25, 0.3) is 0 Å². The monoisotopic (exact) mass is 292 g/mol. The normalized spacial score (nSPS) is 21.9. The molecule has 20 heavy (non-hydrogen) atoms. The Morgan fingerprint density at radius 1 is 1.30 bits per heavy atom. The fourth-order valence-corrected chi connectivity index (χ4v) is 4.18. The first-order valence-corrected chi connectivity index (χ1v) is 8.73. The SMILES string of the molecule is CNC(CCN1CCSC(C)C1)c1cc(C)cc(C)c1. The van der Waals surface area contributed by atoms with Crippen molar-refractivity contribution in [1.82, 2.24) is 10.2 Å². The summed E-state index contributed by atoms with van der Waals surface area (Å²) in [6.45, 7) is 10.4. The molecule has 0 aliphatic carbocycles. The molecule has 3 heteroatoms. The summed E-state index contributed by atoms with van der Waals surface area (Å²) in [6.07, 6.45) is 1.19. The van der Waals surface area contributed by atoms with Gasteiger partial charge in [0.05, 0.1) is 0 Å². The number of aryl methyl sites for hydroxylation is 2. The molecule has 1 aliphatic rings. The van der Waals surface area contributed by atoms with Crippen molar-refractivity contribution < 1.29 is 0 Å². The van der Waals surface area contributed by atoms with Gasteiger partial charge in [-0.05, 0) is 32.9 Å². The highest BCUT2D eigenvalue weighted by atomic mass is 32.2. The van der Waals surface area contributed by atoms with Crippen LogP contribution >= 0.6 is 11.8 Å². The van der Waals surface area contributed by atoms with E-state index in [4.69, 9.17) is 0 Å². The van der Waals surface area contributed by atoms with E-state index in [9.17, 15) is 0 Å². The van der Waals surface area contributed by atoms with Gasteiger partial charge in [0.15, 0.2) is 0 Å². The Balaban J connectivity index is 1.94. The Hall–Kier alpha value is -0.510. The minimum Gasteiger partial charge on any atom is -0.313 e. The van der Waals surface area contributed by atoms with Crippen molar-refractivity contribution >= 4 is 11.8 Å². The lowest BCUT2D eigenvalue weighted by Gasteiger charge is -2.31. The van der Waals surface area contributed by atoms with E-state index in [1.165, 1.54) is 48.5 Å². The van der Waals surface area contributed by atoms with Gasteiger partial charge in [-0.15, -0.1) is 0 Å². The predicted octanol–water partition coefficient (Wildman–Crippen LogP) is 3.39. The zero-order valence-corrected chi connectivity index (χ0v) is 14.1. The van der Waals surface area contributed by atoms with Gasteiger partial charge < -0.3 is 10.2 Å². The molecule has 1 heterocycles. The van der Waals surface area contributed by atoms with Gasteiger partial charge in [-0.2, -0.15) is 11.8 Å². The second kappa shape index (κ2) is 7.48. The van der Waals surface area contributed by atoms with Crippen LogP contribution in [0.1, 0.15) is 36.1 Å². The van der Waals surface area contributed by atoms with Gasteiger partial charge in [0.1, 0.15) is 0 Å². The van der Waals surface area contributed by atoms with E-state index in [-0.39, 0.29) is 0 Å². The third-order valence-corrected chi connectivity index (χ3v) is 5.19. The number of thioether (sulfide) groups is 1. The Morgan fingerprint density at radius 3 is 2.60 bits per heavy atom. The first kappa shape index (κ1) is 15.9. The second-order valence-corrected chi connectivity index (χ2v) is 7.58. The second-order valence-electron chi connectivity index (χ2n) is 6.03. The first-order valence-electron chi connectivity index (χ1n) is 7.68. The molecule has 0 amide bonds. The van der Waals surface area contributed by atoms with Gasteiger partial charge in [0.2, 0.25) is 0 Å². The summed E-state index contributed by atoms with van der Waals surface area (Å²) in [6, 6.07) is 7.37. The lowest BCUT2D eigenvalue weighted by atomic mass is 9.99. The van der Waals surface area contributed by atoms with Crippen molar-refractivity contribution in [2.24, 2.45) is 0 Å². The van der Waals surface area contributed by atoms with Crippen molar-refractivity contribution in [3.63, 3.8) is 0 Å². The van der Waals surface area contributed by atoms with Crippen LogP contribution in [-0.4, -0.2) is 42.6 Å². The Kier molecular flexibility index (Phi) is 5.94. The number of nitrogens with zero attached hydrogens (tertiary/aromatic N) is 1. The molecule has 0 radical (unpaired) electrons. The smallest absolute Gasteiger partial charge is 0.0329 e. The quantitative estimate of drug-likeness (QED) is 0.895. The van der Waals surface area contributed by atoms with E-state index < -0.39 is 0 Å². The van der Waals surface area contributed by atoms with Gasteiger partial charge in [0.25, 0.3) is 0 Å². The summed E-state index contributed by atoms with van der Waals surface area (Å²) in [5, 5.41) is 4.28. The maximum Gasteiger partial charge on any atom is 0.0329 e. The Bertz CT molecular complexity index is 413. The van der Waals surface area contributed by atoms with Crippen LogP contribution in [0.4, 0.5) is 0 Å². The molecule has 0 aromatic heterocycles. The molecule has 1 aromatic carbocycles. The average Bonchev–Trinajstić information content (AvgIpc) is 2.38. The van der Waals surface area contributed by atoms with E-state index in [0.717, 1.165) is 5.25 Å². The molecular formula is C17H28N2S. The number of rotatable bonds is 5. The van der Waals surface area contributed by atoms with Crippen LogP contribution in [0.2, 0.25) is 0 Å². The van der Waals surface area contributed by atoms with Gasteiger partial charge in [-0.1, -0.05) is 36.2 Å². The molecule has 2 unspecified atom stereocenters. The minimum absolute atomic E-state index is 0.471. The van der Waals surface area contributed by atoms with Gasteiger partial charge >= 0.3 is 0 Å². The zero-order valence-electron chi connectivity index (χ0n) is 13.3. The van der Waals surface area contributed by atoms with Crippen LogP contribution in [0.15, 0.2) is 18.2 Å². The summed E-state index contributed by atoms with van der Waals surface area (Å²) in [5.41, 5.74) is 4.16. The summed E-state index contributed by atoms with van der Waals surface area (Å²) in [7, 11) is 2.08. The summed E-state index contributed by atoms with van der Waals surface area (Å²) >= 11 is 2.10. The molecule has 1 N–H and O–H groups in total. The molecule has 2 rings (SSSR count). The average molecular weight is 292 g/mol. The van der Waals surface area contributed by atoms with E-state index in [1.807, 2.05) is 0 Å². The van der Waals surface area contributed by atoms with Crippen molar-refractivity contribution in [3.8, 4) is 0 Å². The van der Waals surface area contributed by atoms with Crippen LogP contribution in [-0.2, 0) is 0 Å². The van der Waals surface area contributed by atoms with Gasteiger partial charge in [0, 0.05) is 36.7 Å². The Labute approximate surface area is 128 Å². The van der Waals surface area contributed by atoms with E-state index in [2.05, 4.69) is 68.0 Å². The fourth-order valence-electron chi connectivity index (χ4n) is 3.09. The molecule has 2 atom stereocenters. The lowest BCUT2D eigenvalue weighted by molar-refractivity contribution is 0.269. The Morgan fingerprint density at radius 2 is 2.00 bits per heavy atom. The maximum absolute atomic E-state index is 3.49. The third kappa shape index (κ3) is 4.51. The topological polar surface area (TPSA) is 15.3 Å². The number of nitrogens with one attached hydrogen (secondary N) is 1. The van der Waals surface area contributed by atoms with Crippen molar-refractivity contribution in [2.75, 3.05) is 32.4 Å². The van der Waals surface area contributed by atoms with Crippen molar-refractivity contribution in [2.45, 2.75) is 38.5 Å². The third-order valence-electron chi connectivity index (χ3n) is 4.05. The van der Waals surface area contributed by atoms with Gasteiger partial charge in [-0.3, -0.25) is 0 Å². The number of hydrogen-bond acceptors (Lipinski definition) is 3. The lowest BCUT2D eigenvalue weighted by Crippen LogP contribution is -2.38. The predicted molar refractivity (Wildman–Crippen MR) is 90.7 cm³/mol. The highest BCUT2D eigenvalue weighted by Gasteiger charge is 2.18. The highest BCUT2D eigenvalue weighted by Crippen LogP contribution is 2.22. The van der Waals surface area contributed by atoms with E-state index in [0.29, 0.717) is 6.04 Å². The molecule has 1 aromatic rings. The van der Waals surface area contributed by atoms with Gasteiger partial charge in [-0.25, -0.2) is 0 Å². The standard InChI is InChI=1S/C17H28N2S/c1-13-9-14(2)11-16(10-13)17(18-4)5-6-19-7-8-20-15(3)12-19/h9-11,15,17-18H,5-8,12H2,1-4H3. The van der Waals surface area contributed by atoms with E-state index >= 15 is 0 Å². The molecule has 0 spiro atoms. The van der Waals surface area contributed by atoms with Crippen molar-refractivity contribution in [3.05, 3.63) is 34.9 Å². The number of benzene rings is 1. The van der Waals surface area contributed by atoms with Crippen LogP contribution in [0, 0.1) is 13.8 Å². The molecule has 1 aliphatic heterocycles. The largest absolute Gasteiger partial charge is 0.313 e. The highest BCUT2D eigenvalue weighted by molar-refractivity contribution is 7.99.